The summed E-state index contributed by atoms with van der Waals surface area (Å²) < 4.78 is 5.43. The number of β-amino-alcohol motifs (C(OH)–C–C–N with tert-alkyl or cyclic N) is 1. The van der Waals surface area contributed by atoms with Crippen LogP contribution >= 0.6 is 0 Å². The third-order valence-electron chi connectivity index (χ3n) is 5.26. The molecule has 0 spiro atoms. The molecule has 6 nitrogen and oxygen atoms in total. The van der Waals surface area contributed by atoms with Crippen molar-refractivity contribution in [2.24, 2.45) is 0 Å². The van der Waals surface area contributed by atoms with Crippen molar-refractivity contribution < 1.29 is 9.84 Å². The van der Waals surface area contributed by atoms with E-state index in [1.165, 1.54) is 0 Å². The van der Waals surface area contributed by atoms with Crippen LogP contribution in [0.4, 0.5) is 5.82 Å². The average molecular weight is 354 g/mol. The largest absolute Gasteiger partial charge is 0.390 e. The Hall–Kier alpha value is -2.02. The number of piperidine rings is 1. The fraction of sp³-hybridized carbons (Fsp3) is 0.500. The molecule has 2 aliphatic rings. The van der Waals surface area contributed by atoms with Crippen LogP contribution in [-0.2, 0) is 4.74 Å². The van der Waals surface area contributed by atoms with E-state index in [2.05, 4.69) is 14.8 Å². The summed E-state index contributed by atoms with van der Waals surface area (Å²) in [6.07, 6.45) is 0.558. The molecule has 2 aliphatic heterocycles. The number of aliphatic hydroxyl groups excluding tert-OH is 1. The third-order valence-corrected chi connectivity index (χ3v) is 5.26. The van der Waals surface area contributed by atoms with Crippen LogP contribution in [0.1, 0.15) is 12.1 Å². The molecule has 6 heteroatoms. The number of rotatable bonds is 3. The molecule has 1 aromatic heterocycles. The lowest BCUT2D eigenvalue weighted by Gasteiger charge is -2.43. The van der Waals surface area contributed by atoms with Crippen LogP contribution in [0.15, 0.2) is 36.4 Å². The molecule has 2 atom stereocenters. The summed E-state index contributed by atoms with van der Waals surface area (Å²) in [6.45, 7) is 6.83. The first-order chi connectivity index (χ1) is 12.7. The van der Waals surface area contributed by atoms with E-state index in [-0.39, 0.29) is 12.1 Å². The van der Waals surface area contributed by atoms with Gasteiger partial charge < -0.3 is 14.7 Å². The number of aliphatic hydroxyl groups is 1. The predicted molar refractivity (Wildman–Crippen MR) is 101 cm³/mol. The van der Waals surface area contributed by atoms with E-state index in [1.54, 1.807) is 0 Å². The molecule has 3 heterocycles. The van der Waals surface area contributed by atoms with Crippen molar-refractivity contribution in [2.45, 2.75) is 25.5 Å². The van der Waals surface area contributed by atoms with Gasteiger partial charge in [-0.3, -0.25) is 4.90 Å². The Balaban J connectivity index is 1.51. The maximum atomic E-state index is 10.7. The number of aromatic nitrogens is 2. The molecular formula is C20H26N4O2. The summed E-state index contributed by atoms with van der Waals surface area (Å²) in [6, 6.07) is 12.3. The fourth-order valence-electron chi connectivity index (χ4n) is 3.89. The Morgan fingerprint density at radius 1 is 1.08 bits per heavy atom. The smallest absolute Gasteiger partial charge is 0.161 e. The summed E-state index contributed by atoms with van der Waals surface area (Å²) in [4.78, 5) is 13.9. The van der Waals surface area contributed by atoms with Crippen molar-refractivity contribution in [2.75, 3.05) is 44.3 Å². The van der Waals surface area contributed by atoms with E-state index in [1.807, 2.05) is 43.3 Å². The highest BCUT2D eigenvalue weighted by Crippen LogP contribution is 2.25. The molecular weight excluding hydrogens is 328 g/mol. The number of hydrogen-bond acceptors (Lipinski definition) is 6. The third kappa shape index (κ3) is 3.72. The number of ether oxygens (including phenoxy) is 1. The Bertz CT molecular complexity index is 734. The van der Waals surface area contributed by atoms with Crippen molar-refractivity contribution in [3.8, 4) is 11.4 Å². The minimum Gasteiger partial charge on any atom is -0.390 e. The maximum absolute atomic E-state index is 10.7. The van der Waals surface area contributed by atoms with Crippen molar-refractivity contribution in [3.63, 3.8) is 0 Å². The van der Waals surface area contributed by atoms with Crippen LogP contribution in [0, 0.1) is 6.92 Å². The Kier molecular flexibility index (Phi) is 5.15. The molecule has 0 saturated carbocycles. The summed E-state index contributed by atoms with van der Waals surface area (Å²) in [7, 11) is 0. The van der Waals surface area contributed by atoms with E-state index in [4.69, 9.17) is 9.72 Å². The highest BCUT2D eigenvalue weighted by atomic mass is 16.5. The number of morpholine rings is 1. The lowest BCUT2D eigenvalue weighted by atomic mass is 9.99. The molecule has 138 valence electrons. The number of nitrogens with zero attached hydrogens (tertiary/aromatic N) is 4. The van der Waals surface area contributed by atoms with E-state index in [9.17, 15) is 5.11 Å². The van der Waals surface area contributed by atoms with Gasteiger partial charge in [0, 0.05) is 49.5 Å². The second-order valence-electron chi connectivity index (χ2n) is 7.07. The van der Waals surface area contributed by atoms with E-state index in [0.717, 1.165) is 62.2 Å². The molecule has 0 bridgehead atoms. The second kappa shape index (κ2) is 7.70. The number of hydrogen-bond donors (Lipinski definition) is 1. The molecule has 0 radical (unpaired) electrons. The lowest BCUT2D eigenvalue weighted by molar-refractivity contribution is -0.0274. The molecule has 1 N–H and O–H groups in total. The normalized spacial score (nSPS) is 24.6. The van der Waals surface area contributed by atoms with Crippen molar-refractivity contribution in [3.05, 3.63) is 42.1 Å². The first kappa shape index (κ1) is 17.4. The lowest BCUT2D eigenvalue weighted by Crippen LogP contribution is -2.56. The van der Waals surface area contributed by atoms with Crippen LogP contribution in [0.25, 0.3) is 11.4 Å². The molecule has 26 heavy (non-hydrogen) atoms. The van der Waals surface area contributed by atoms with Crippen LogP contribution in [0.5, 0.6) is 0 Å². The van der Waals surface area contributed by atoms with Crippen LogP contribution in [0.3, 0.4) is 0 Å². The van der Waals surface area contributed by atoms with Crippen molar-refractivity contribution in [1.82, 2.24) is 14.9 Å². The van der Waals surface area contributed by atoms with Gasteiger partial charge in [0.2, 0.25) is 0 Å². The van der Waals surface area contributed by atoms with Gasteiger partial charge in [-0.25, -0.2) is 9.97 Å². The van der Waals surface area contributed by atoms with E-state index in [0.29, 0.717) is 6.54 Å². The van der Waals surface area contributed by atoms with Crippen LogP contribution < -0.4 is 4.90 Å². The minimum absolute atomic E-state index is 0.215. The van der Waals surface area contributed by atoms with Gasteiger partial charge in [0.1, 0.15) is 5.82 Å². The van der Waals surface area contributed by atoms with Gasteiger partial charge >= 0.3 is 0 Å². The zero-order valence-electron chi connectivity index (χ0n) is 15.2. The SMILES string of the molecule is Cc1cc(N2CC[C@H](N3CCOCC3)[C@@H](O)C2)nc(-c2ccccc2)n1. The second-order valence-corrected chi connectivity index (χ2v) is 7.07. The van der Waals surface area contributed by atoms with Gasteiger partial charge in [-0.2, -0.15) is 0 Å². The molecule has 1 aromatic carbocycles. The highest BCUT2D eigenvalue weighted by Gasteiger charge is 2.33. The first-order valence-electron chi connectivity index (χ1n) is 9.36. The van der Waals surface area contributed by atoms with Crippen LogP contribution in [-0.4, -0.2) is 71.5 Å². The Morgan fingerprint density at radius 3 is 2.58 bits per heavy atom. The average Bonchev–Trinajstić information content (AvgIpc) is 2.69. The monoisotopic (exact) mass is 354 g/mol. The topological polar surface area (TPSA) is 61.7 Å². The Labute approximate surface area is 154 Å². The summed E-state index contributed by atoms with van der Waals surface area (Å²) in [5.41, 5.74) is 1.96. The van der Waals surface area contributed by atoms with Gasteiger partial charge in [0.05, 0.1) is 19.3 Å². The van der Waals surface area contributed by atoms with Gasteiger partial charge in [-0.15, -0.1) is 0 Å². The molecule has 4 rings (SSSR count). The van der Waals surface area contributed by atoms with Crippen molar-refractivity contribution in [1.29, 1.82) is 0 Å². The summed E-state index contributed by atoms with van der Waals surface area (Å²) >= 11 is 0. The molecule has 0 unspecified atom stereocenters. The van der Waals surface area contributed by atoms with Crippen LogP contribution in [0.2, 0.25) is 0 Å². The molecule has 0 amide bonds. The zero-order valence-corrected chi connectivity index (χ0v) is 15.2. The molecule has 2 fully saturated rings. The van der Waals surface area contributed by atoms with E-state index >= 15 is 0 Å². The Morgan fingerprint density at radius 2 is 1.85 bits per heavy atom. The predicted octanol–water partition coefficient (Wildman–Crippen LogP) is 1.72. The summed E-state index contributed by atoms with van der Waals surface area (Å²) in [5, 5.41) is 10.7. The van der Waals surface area contributed by atoms with E-state index < -0.39 is 0 Å². The van der Waals surface area contributed by atoms with Gasteiger partial charge in [-0.1, -0.05) is 30.3 Å². The molecule has 2 aromatic rings. The standard InChI is InChI=1S/C20H26N4O2/c1-15-13-19(22-20(21-15)16-5-3-2-4-6-16)24-8-7-17(18(25)14-24)23-9-11-26-12-10-23/h2-6,13,17-18,25H,7-12,14H2,1H3/t17-,18-/m0/s1. The number of anilines is 1. The minimum atomic E-state index is -0.378. The number of benzene rings is 1. The molecule has 0 aliphatic carbocycles. The maximum Gasteiger partial charge on any atom is 0.161 e. The zero-order chi connectivity index (χ0) is 17.9. The van der Waals surface area contributed by atoms with Gasteiger partial charge in [-0.05, 0) is 13.3 Å². The number of aryl methyl sites for hydroxylation is 1. The highest BCUT2D eigenvalue weighted by molar-refractivity contribution is 5.58. The van der Waals surface area contributed by atoms with Gasteiger partial charge in [0.15, 0.2) is 5.82 Å². The first-order valence-corrected chi connectivity index (χ1v) is 9.36. The quantitative estimate of drug-likeness (QED) is 0.906. The molecule has 2 saturated heterocycles. The van der Waals surface area contributed by atoms with Crippen molar-refractivity contribution >= 4 is 5.82 Å². The fourth-order valence-corrected chi connectivity index (χ4v) is 3.89. The summed E-state index contributed by atoms with van der Waals surface area (Å²) in [5.74, 6) is 1.64. The van der Waals surface area contributed by atoms with Gasteiger partial charge in [0.25, 0.3) is 0 Å².